The maximum Gasteiger partial charge on any atom is 0.261 e. The number of hydrogen-bond acceptors (Lipinski definition) is 4. The van der Waals surface area contributed by atoms with Gasteiger partial charge in [-0.15, -0.1) is 0 Å². The van der Waals surface area contributed by atoms with Crippen LogP contribution < -0.4 is 4.72 Å². The summed E-state index contributed by atoms with van der Waals surface area (Å²) in [5.41, 5.74) is 0.395. The highest BCUT2D eigenvalue weighted by atomic mass is 35.5. The fraction of sp³-hybridized carbons (Fsp3) is 0. The molecular formula is C22H16ClNO3S2. The van der Waals surface area contributed by atoms with E-state index in [1.165, 1.54) is 36.0 Å². The van der Waals surface area contributed by atoms with Gasteiger partial charge in [-0.25, -0.2) is 8.42 Å². The first-order valence-electron chi connectivity index (χ1n) is 8.70. The van der Waals surface area contributed by atoms with Crippen molar-refractivity contribution >= 4 is 49.8 Å². The first-order chi connectivity index (χ1) is 13.9. The van der Waals surface area contributed by atoms with Crippen molar-refractivity contribution in [2.24, 2.45) is 0 Å². The summed E-state index contributed by atoms with van der Waals surface area (Å²) in [6.07, 6.45) is 0. The number of benzene rings is 4. The molecule has 0 radical (unpaired) electrons. The molecule has 0 spiro atoms. The van der Waals surface area contributed by atoms with Crippen LogP contribution in [0.3, 0.4) is 0 Å². The molecule has 7 heteroatoms. The maximum absolute atomic E-state index is 12.9. The van der Waals surface area contributed by atoms with Crippen molar-refractivity contribution < 1.29 is 13.5 Å². The molecule has 0 aliphatic heterocycles. The third kappa shape index (κ3) is 4.19. The average Bonchev–Trinajstić information content (AvgIpc) is 2.72. The number of anilines is 1. The summed E-state index contributed by atoms with van der Waals surface area (Å²) in [6, 6.07) is 24.3. The van der Waals surface area contributed by atoms with Crippen molar-refractivity contribution in [3.05, 3.63) is 90.0 Å². The minimum absolute atomic E-state index is 0.108. The van der Waals surface area contributed by atoms with E-state index in [1.54, 1.807) is 30.3 Å². The van der Waals surface area contributed by atoms with Gasteiger partial charge in [0.05, 0.1) is 15.5 Å². The molecule has 4 aromatic rings. The first-order valence-corrected chi connectivity index (χ1v) is 11.4. The highest BCUT2D eigenvalue weighted by Crippen LogP contribution is 2.42. The maximum atomic E-state index is 12.9. The third-order valence-electron chi connectivity index (χ3n) is 4.32. The van der Waals surface area contributed by atoms with Crippen molar-refractivity contribution in [1.29, 1.82) is 0 Å². The standard InChI is InChI=1S/C22H16ClNO3S2/c23-15-10-12-17(13-11-15)29(26,27)24-20-14-21(28-16-6-2-1-3-7-16)22(25)19-9-5-4-8-18(19)20/h1-14,24-25H. The molecule has 0 heterocycles. The van der Waals surface area contributed by atoms with Gasteiger partial charge < -0.3 is 5.11 Å². The van der Waals surface area contributed by atoms with Gasteiger partial charge in [-0.3, -0.25) is 4.72 Å². The molecule has 4 nitrogen and oxygen atoms in total. The van der Waals surface area contributed by atoms with Crippen LogP contribution in [0.4, 0.5) is 5.69 Å². The lowest BCUT2D eigenvalue weighted by atomic mass is 10.1. The molecule has 0 amide bonds. The SMILES string of the molecule is O=S(=O)(Nc1cc(Sc2ccccc2)c(O)c2ccccc12)c1ccc(Cl)cc1. The van der Waals surface area contributed by atoms with Crippen molar-refractivity contribution in [2.75, 3.05) is 4.72 Å². The lowest BCUT2D eigenvalue weighted by molar-refractivity contribution is 0.469. The quantitative estimate of drug-likeness (QED) is 0.364. The van der Waals surface area contributed by atoms with Gasteiger partial charge in [0.15, 0.2) is 0 Å². The molecule has 0 aliphatic carbocycles. The van der Waals surface area contributed by atoms with E-state index in [4.69, 9.17) is 11.6 Å². The second kappa shape index (κ2) is 7.99. The summed E-state index contributed by atoms with van der Waals surface area (Å²) < 4.78 is 28.4. The number of halogens is 1. The Hall–Kier alpha value is -2.67. The van der Waals surface area contributed by atoms with E-state index >= 15 is 0 Å². The number of fused-ring (bicyclic) bond motifs is 1. The molecule has 0 saturated carbocycles. The number of phenols is 1. The van der Waals surface area contributed by atoms with Gasteiger partial charge in [-0.1, -0.05) is 65.8 Å². The summed E-state index contributed by atoms with van der Waals surface area (Å²) >= 11 is 7.23. The number of phenolic OH excluding ortho intramolecular Hbond substituents is 1. The monoisotopic (exact) mass is 441 g/mol. The van der Waals surface area contributed by atoms with Gasteiger partial charge in [-0.05, 0) is 42.5 Å². The van der Waals surface area contributed by atoms with Gasteiger partial charge in [0, 0.05) is 20.7 Å². The van der Waals surface area contributed by atoms with Gasteiger partial charge >= 0.3 is 0 Å². The molecule has 0 aromatic heterocycles. The van der Waals surface area contributed by atoms with Crippen LogP contribution in [0, 0.1) is 0 Å². The Balaban J connectivity index is 1.81. The number of nitrogens with one attached hydrogen (secondary N) is 1. The lowest BCUT2D eigenvalue weighted by Crippen LogP contribution is -2.13. The molecule has 0 bridgehead atoms. The van der Waals surface area contributed by atoms with Gasteiger partial charge in [0.2, 0.25) is 0 Å². The Kier molecular flexibility index (Phi) is 5.41. The minimum Gasteiger partial charge on any atom is -0.506 e. The van der Waals surface area contributed by atoms with E-state index in [2.05, 4.69) is 4.72 Å². The van der Waals surface area contributed by atoms with E-state index in [1.807, 2.05) is 30.3 Å². The zero-order chi connectivity index (χ0) is 20.4. The fourth-order valence-electron chi connectivity index (χ4n) is 2.93. The first kappa shape index (κ1) is 19.6. The van der Waals surface area contributed by atoms with Gasteiger partial charge in [0.1, 0.15) is 5.75 Å². The summed E-state index contributed by atoms with van der Waals surface area (Å²) in [4.78, 5) is 1.60. The summed E-state index contributed by atoms with van der Waals surface area (Å²) in [5, 5.41) is 12.4. The van der Waals surface area contributed by atoms with E-state index in [0.717, 1.165) is 4.90 Å². The Bertz CT molecular complexity index is 1270. The summed E-state index contributed by atoms with van der Waals surface area (Å²) in [5.74, 6) is 0.115. The van der Waals surface area contributed by atoms with Gasteiger partial charge in [-0.2, -0.15) is 0 Å². The van der Waals surface area contributed by atoms with Crippen LogP contribution in [-0.2, 0) is 10.0 Å². The van der Waals surface area contributed by atoms with E-state index in [0.29, 0.717) is 26.4 Å². The predicted octanol–water partition coefficient (Wildman–Crippen LogP) is 6.15. The topological polar surface area (TPSA) is 66.4 Å². The largest absolute Gasteiger partial charge is 0.506 e. The fourth-order valence-corrected chi connectivity index (χ4v) is 5.06. The third-order valence-corrected chi connectivity index (χ3v) is 6.99. The molecule has 146 valence electrons. The number of aromatic hydroxyl groups is 1. The van der Waals surface area contributed by atoms with E-state index in [-0.39, 0.29) is 10.6 Å². The second-order valence-corrected chi connectivity index (χ2v) is 9.53. The summed E-state index contributed by atoms with van der Waals surface area (Å²) in [6.45, 7) is 0. The Morgan fingerprint density at radius 1 is 0.828 bits per heavy atom. The smallest absolute Gasteiger partial charge is 0.261 e. The van der Waals surface area contributed by atoms with Crippen LogP contribution in [0.1, 0.15) is 0 Å². The summed E-state index contributed by atoms with van der Waals surface area (Å²) in [7, 11) is -3.82. The van der Waals surface area contributed by atoms with Gasteiger partial charge in [0.25, 0.3) is 10.0 Å². The predicted molar refractivity (Wildman–Crippen MR) is 118 cm³/mol. The average molecular weight is 442 g/mol. The molecule has 0 unspecified atom stereocenters. The van der Waals surface area contributed by atoms with Crippen molar-refractivity contribution in [3.8, 4) is 5.75 Å². The minimum atomic E-state index is -3.82. The Morgan fingerprint density at radius 2 is 1.45 bits per heavy atom. The molecule has 0 atom stereocenters. The highest BCUT2D eigenvalue weighted by Gasteiger charge is 2.19. The molecule has 2 N–H and O–H groups in total. The van der Waals surface area contributed by atoms with Crippen LogP contribution in [0.15, 0.2) is 99.6 Å². The number of hydrogen-bond donors (Lipinski definition) is 2. The number of rotatable bonds is 5. The van der Waals surface area contributed by atoms with E-state index in [9.17, 15) is 13.5 Å². The zero-order valence-corrected chi connectivity index (χ0v) is 17.4. The van der Waals surface area contributed by atoms with Crippen LogP contribution in [-0.4, -0.2) is 13.5 Å². The van der Waals surface area contributed by atoms with Crippen molar-refractivity contribution in [3.63, 3.8) is 0 Å². The van der Waals surface area contributed by atoms with Crippen LogP contribution in [0.25, 0.3) is 10.8 Å². The molecule has 0 aliphatic rings. The lowest BCUT2D eigenvalue weighted by Gasteiger charge is -2.15. The van der Waals surface area contributed by atoms with E-state index < -0.39 is 10.0 Å². The molecular weight excluding hydrogens is 426 g/mol. The number of sulfonamides is 1. The van der Waals surface area contributed by atoms with Crippen LogP contribution >= 0.6 is 23.4 Å². The second-order valence-electron chi connectivity index (χ2n) is 6.29. The molecule has 4 aromatic carbocycles. The normalized spacial score (nSPS) is 11.5. The van der Waals surface area contributed by atoms with Crippen LogP contribution in [0.2, 0.25) is 5.02 Å². The molecule has 29 heavy (non-hydrogen) atoms. The Labute approximate surface area is 178 Å². The Morgan fingerprint density at radius 3 is 2.14 bits per heavy atom. The van der Waals surface area contributed by atoms with Crippen molar-refractivity contribution in [1.82, 2.24) is 0 Å². The molecule has 0 fully saturated rings. The molecule has 0 saturated heterocycles. The zero-order valence-electron chi connectivity index (χ0n) is 15.0. The van der Waals surface area contributed by atoms with Crippen molar-refractivity contribution in [2.45, 2.75) is 14.7 Å². The highest BCUT2D eigenvalue weighted by molar-refractivity contribution is 7.99. The molecule has 4 rings (SSSR count). The van der Waals surface area contributed by atoms with Crippen LogP contribution in [0.5, 0.6) is 5.75 Å².